The van der Waals surface area contributed by atoms with E-state index in [2.05, 4.69) is 22.9 Å². The molecule has 1 nitrogen and oxygen atoms in total. The molecule has 0 saturated carbocycles. The SMILES string of the molecule is CC(Br)C(C)c1cc2cccc(F)c2o1. The van der Waals surface area contributed by atoms with Gasteiger partial charge < -0.3 is 4.42 Å². The van der Waals surface area contributed by atoms with Gasteiger partial charge in [-0.2, -0.15) is 0 Å². The maximum atomic E-state index is 13.4. The van der Waals surface area contributed by atoms with Crippen molar-refractivity contribution >= 4 is 26.9 Å². The van der Waals surface area contributed by atoms with E-state index >= 15 is 0 Å². The molecule has 0 bridgehead atoms. The highest BCUT2D eigenvalue weighted by molar-refractivity contribution is 9.09. The molecule has 1 heterocycles. The van der Waals surface area contributed by atoms with E-state index in [1.54, 1.807) is 6.07 Å². The minimum absolute atomic E-state index is 0.233. The van der Waals surface area contributed by atoms with Crippen molar-refractivity contribution in [2.75, 3.05) is 0 Å². The second-order valence-electron chi connectivity index (χ2n) is 3.77. The lowest BCUT2D eigenvalue weighted by Gasteiger charge is -2.09. The maximum absolute atomic E-state index is 13.4. The van der Waals surface area contributed by atoms with Crippen molar-refractivity contribution in [3.8, 4) is 0 Å². The number of furan rings is 1. The predicted octanol–water partition coefficient (Wildman–Crippen LogP) is 4.46. The number of benzene rings is 1. The maximum Gasteiger partial charge on any atom is 0.169 e. The number of alkyl halides is 1. The molecule has 0 radical (unpaired) electrons. The second kappa shape index (κ2) is 3.97. The zero-order valence-corrected chi connectivity index (χ0v) is 10.2. The van der Waals surface area contributed by atoms with E-state index in [9.17, 15) is 4.39 Å². The van der Waals surface area contributed by atoms with Gasteiger partial charge in [-0.05, 0) is 12.1 Å². The van der Waals surface area contributed by atoms with Crippen LogP contribution in [0.5, 0.6) is 0 Å². The number of halogens is 2. The van der Waals surface area contributed by atoms with Gasteiger partial charge in [0.25, 0.3) is 0 Å². The molecule has 1 aromatic carbocycles. The lowest BCUT2D eigenvalue weighted by molar-refractivity contribution is 0.487. The first-order valence-corrected chi connectivity index (χ1v) is 5.83. The average Bonchev–Trinajstić information content (AvgIpc) is 2.61. The summed E-state index contributed by atoms with van der Waals surface area (Å²) >= 11 is 3.50. The molecule has 2 atom stereocenters. The molecule has 2 rings (SSSR count). The highest BCUT2D eigenvalue weighted by atomic mass is 79.9. The summed E-state index contributed by atoms with van der Waals surface area (Å²) in [6.45, 7) is 4.10. The van der Waals surface area contributed by atoms with Crippen LogP contribution >= 0.6 is 15.9 Å². The first-order valence-electron chi connectivity index (χ1n) is 4.91. The predicted molar refractivity (Wildman–Crippen MR) is 63.0 cm³/mol. The van der Waals surface area contributed by atoms with Gasteiger partial charge in [-0.1, -0.05) is 41.9 Å². The Morgan fingerprint density at radius 2 is 2.07 bits per heavy atom. The molecule has 0 aliphatic rings. The number of fused-ring (bicyclic) bond motifs is 1. The Morgan fingerprint density at radius 3 is 2.67 bits per heavy atom. The Bertz CT molecular complexity index is 475. The van der Waals surface area contributed by atoms with Crippen molar-refractivity contribution in [2.45, 2.75) is 24.6 Å². The summed E-state index contributed by atoms with van der Waals surface area (Å²) in [7, 11) is 0. The summed E-state index contributed by atoms with van der Waals surface area (Å²) < 4.78 is 18.9. The van der Waals surface area contributed by atoms with Crippen molar-refractivity contribution in [3.05, 3.63) is 35.8 Å². The first-order chi connectivity index (χ1) is 7.09. The van der Waals surface area contributed by atoms with Gasteiger partial charge in [0.15, 0.2) is 11.4 Å². The van der Waals surface area contributed by atoms with E-state index in [4.69, 9.17) is 4.42 Å². The monoisotopic (exact) mass is 270 g/mol. The molecule has 2 aromatic rings. The fraction of sp³-hybridized carbons (Fsp3) is 0.333. The smallest absolute Gasteiger partial charge is 0.169 e. The molecule has 0 aliphatic carbocycles. The first kappa shape index (κ1) is 10.7. The van der Waals surface area contributed by atoms with Crippen LogP contribution < -0.4 is 0 Å². The summed E-state index contributed by atoms with van der Waals surface area (Å²) in [5.41, 5.74) is 0.354. The molecule has 0 fully saturated rings. The summed E-state index contributed by atoms with van der Waals surface area (Å²) in [5.74, 6) is 0.754. The number of hydrogen-bond acceptors (Lipinski definition) is 1. The molecule has 1 aromatic heterocycles. The Balaban J connectivity index is 2.52. The van der Waals surface area contributed by atoms with Crippen LogP contribution in [0.1, 0.15) is 25.5 Å². The minimum Gasteiger partial charge on any atom is -0.458 e. The number of hydrogen-bond donors (Lipinski definition) is 0. The van der Waals surface area contributed by atoms with Gasteiger partial charge >= 0.3 is 0 Å². The molecular formula is C12H12BrFO. The van der Waals surface area contributed by atoms with Gasteiger partial charge in [0.05, 0.1) is 0 Å². The molecule has 3 heteroatoms. The van der Waals surface area contributed by atoms with Gasteiger partial charge in [0.2, 0.25) is 0 Å². The zero-order chi connectivity index (χ0) is 11.0. The largest absolute Gasteiger partial charge is 0.458 e. The Hall–Kier alpha value is -0.830. The van der Waals surface area contributed by atoms with E-state index in [1.807, 2.05) is 19.1 Å². The molecule has 15 heavy (non-hydrogen) atoms. The fourth-order valence-electron chi connectivity index (χ4n) is 1.50. The van der Waals surface area contributed by atoms with Crippen LogP contribution in [-0.2, 0) is 0 Å². The van der Waals surface area contributed by atoms with Crippen LogP contribution in [0, 0.1) is 5.82 Å². The van der Waals surface area contributed by atoms with Crippen molar-refractivity contribution in [3.63, 3.8) is 0 Å². The third-order valence-electron chi connectivity index (χ3n) is 2.65. The highest BCUT2D eigenvalue weighted by Crippen LogP contribution is 2.30. The Labute approximate surface area is 96.4 Å². The minimum atomic E-state index is -0.298. The van der Waals surface area contributed by atoms with Crippen LogP contribution in [0.25, 0.3) is 11.0 Å². The van der Waals surface area contributed by atoms with Crippen LogP contribution in [0.3, 0.4) is 0 Å². The molecule has 0 N–H and O–H groups in total. The number of para-hydroxylation sites is 1. The van der Waals surface area contributed by atoms with E-state index in [0.717, 1.165) is 11.1 Å². The summed E-state index contributed by atoms with van der Waals surface area (Å²) in [5, 5.41) is 0.824. The van der Waals surface area contributed by atoms with Gasteiger partial charge in [-0.25, -0.2) is 4.39 Å². The van der Waals surface area contributed by atoms with Crippen LogP contribution in [-0.4, -0.2) is 4.83 Å². The topological polar surface area (TPSA) is 13.1 Å². The van der Waals surface area contributed by atoms with Gasteiger partial charge in [0.1, 0.15) is 5.76 Å². The van der Waals surface area contributed by atoms with Crippen molar-refractivity contribution in [2.24, 2.45) is 0 Å². The summed E-state index contributed by atoms with van der Waals surface area (Å²) in [6, 6.07) is 6.87. The molecule has 80 valence electrons. The third kappa shape index (κ3) is 1.93. The van der Waals surface area contributed by atoms with E-state index in [1.165, 1.54) is 6.07 Å². The third-order valence-corrected chi connectivity index (χ3v) is 3.45. The summed E-state index contributed by atoms with van der Waals surface area (Å²) in [4.78, 5) is 0.307. The quantitative estimate of drug-likeness (QED) is 0.735. The van der Waals surface area contributed by atoms with E-state index in [-0.39, 0.29) is 11.7 Å². The lowest BCUT2D eigenvalue weighted by Crippen LogP contribution is -2.02. The Kier molecular flexibility index (Phi) is 2.83. The zero-order valence-electron chi connectivity index (χ0n) is 8.63. The molecule has 2 unspecified atom stereocenters. The molecule has 0 saturated heterocycles. The van der Waals surface area contributed by atoms with Crippen LogP contribution in [0.15, 0.2) is 28.7 Å². The van der Waals surface area contributed by atoms with Crippen LogP contribution in [0.4, 0.5) is 4.39 Å². The van der Waals surface area contributed by atoms with Gasteiger partial charge in [-0.3, -0.25) is 0 Å². The van der Waals surface area contributed by atoms with Crippen LogP contribution in [0.2, 0.25) is 0 Å². The van der Waals surface area contributed by atoms with E-state index in [0.29, 0.717) is 10.4 Å². The number of rotatable bonds is 2. The molecule has 0 spiro atoms. The standard InChI is InChI=1S/C12H12BrFO/c1-7(8(2)13)11-6-9-4-3-5-10(14)12(9)15-11/h3-8H,1-2H3. The molecule has 0 amide bonds. The second-order valence-corrected chi connectivity index (χ2v) is 5.22. The normalized spacial score (nSPS) is 15.5. The summed E-state index contributed by atoms with van der Waals surface area (Å²) in [6.07, 6.45) is 0. The lowest BCUT2D eigenvalue weighted by atomic mass is 10.1. The average molecular weight is 271 g/mol. The molecule has 0 aliphatic heterocycles. The molecular weight excluding hydrogens is 259 g/mol. The van der Waals surface area contributed by atoms with Crippen molar-refractivity contribution < 1.29 is 8.81 Å². The highest BCUT2D eigenvalue weighted by Gasteiger charge is 2.17. The van der Waals surface area contributed by atoms with Gasteiger partial charge in [0, 0.05) is 16.1 Å². The fourth-order valence-corrected chi connectivity index (χ4v) is 1.76. The van der Waals surface area contributed by atoms with Gasteiger partial charge in [-0.15, -0.1) is 0 Å². The van der Waals surface area contributed by atoms with E-state index < -0.39 is 0 Å². The van der Waals surface area contributed by atoms with Crippen molar-refractivity contribution in [1.82, 2.24) is 0 Å². The van der Waals surface area contributed by atoms with Crippen molar-refractivity contribution in [1.29, 1.82) is 0 Å². The Morgan fingerprint density at radius 1 is 1.33 bits per heavy atom.